The van der Waals surface area contributed by atoms with Crippen molar-refractivity contribution in [1.82, 2.24) is 25.2 Å². The van der Waals surface area contributed by atoms with Gasteiger partial charge in [0.05, 0.1) is 17.2 Å². The van der Waals surface area contributed by atoms with Gasteiger partial charge >= 0.3 is 0 Å². The summed E-state index contributed by atoms with van der Waals surface area (Å²) in [6, 6.07) is 10.8. The van der Waals surface area contributed by atoms with Crippen LogP contribution in [0, 0.1) is 5.92 Å². The molecule has 162 valence electrons. The SMILES string of the molecule is CC(C)Cn1nnnc1SC(C)C(=O)N1N=C(c2ccc(Cl)cc2)CC1c1ccco1. The first-order chi connectivity index (χ1) is 14.9. The molecule has 1 aliphatic rings. The lowest BCUT2D eigenvalue weighted by Crippen LogP contribution is -2.33. The third-order valence-electron chi connectivity index (χ3n) is 4.85. The number of benzene rings is 1. The molecule has 2 unspecified atom stereocenters. The molecule has 31 heavy (non-hydrogen) atoms. The minimum Gasteiger partial charge on any atom is -0.467 e. The Hall–Kier alpha value is -2.65. The van der Waals surface area contributed by atoms with Crippen LogP contribution in [0.15, 0.2) is 57.3 Å². The van der Waals surface area contributed by atoms with Crippen LogP contribution < -0.4 is 0 Å². The maximum atomic E-state index is 13.4. The Morgan fingerprint density at radius 2 is 2.03 bits per heavy atom. The summed E-state index contributed by atoms with van der Waals surface area (Å²) >= 11 is 7.35. The summed E-state index contributed by atoms with van der Waals surface area (Å²) in [6.45, 7) is 6.72. The second kappa shape index (κ2) is 9.23. The van der Waals surface area contributed by atoms with E-state index in [2.05, 4.69) is 34.5 Å². The van der Waals surface area contributed by atoms with Crippen molar-refractivity contribution in [3.05, 3.63) is 59.0 Å². The van der Waals surface area contributed by atoms with E-state index in [1.165, 1.54) is 16.8 Å². The van der Waals surface area contributed by atoms with Crippen molar-refractivity contribution in [2.24, 2.45) is 11.0 Å². The zero-order valence-electron chi connectivity index (χ0n) is 17.5. The first-order valence-electron chi connectivity index (χ1n) is 10.0. The Morgan fingerprint density at radius 3 is 2.71 bits per heavy atom. The van der Waals surface area contributed by atoms with E-state index in [9.17, 15) is 4.79 Å². The second-order valence-corrected chi connectivity index (χ2v) is 9.51. The molecule has 8 nitrogen and oxygen atoms in total. The summed E-state index contributed by atoms with van der Waals surface area (Å²) in [7, 11) is 0. The normalized spacial score (nSPS) is 17.3. The van der Waals surface area contributed by atoms with Crippen LogP contribution in [-0.2, 0) is 11.3 Å². The number of hydrazone groups is 1. The molecule has 0 N–H and O–H groups in total. The van der Waals surface area contributed by atoms with Crippen molar-refractivity contribution in [2.45, 2.75) is 50.2 Å². The summed E-state index contributed by atoms with van der Waals surface area (Å²) < 4.78 is 7.35. The van der Waals surface area contributed by atoms with Crippen molar-refractivity contribution in [3.63, 3.8) is 0 Å². The molecule has 3 heterocycles. The third kappa shape index (κ3) is 4.83. The van der Waals surface area contributed by atoms with Gasteiger partial charge in [-0.15, -0.1) is 5.10 Å². The number of hydrogen-bond donors (Lipinski definition) is 0. The molecule has 2 atom stereocenters. The first kappa shape index (κ1) is 21.6. The molecule has 0 aliphatic carbocycles. The number of carbonyl (C=O) groups excluding carboxylic acids is 1. The molecule has 1 amide bonds. The minimum atomic E-state index is -0.428. The maximum absolute atomic E-state index is 13.4. The van der Waals surface area contributed by atoms with Crippen LogP contribution in [0.3, 0.4) is 0 Å². The highest BCUT2D eigenvalue weighted by Crippen LogP contribution is 2.35. The van der Waals surface area contributed by atoms with Gasteiger partial charge in [-0.25, -0.2) is 9.69 Å². The first-order valence-corrected chi connectivity index (χ1v) is 11.3. The standard InChI is InChI=1S/C21H23ClN6O2S/c1-13(2)12-27-21(23-25-26-27)31-14(3)20(29)28-18(19-5-4-10-30-19)11-17(24-28)15-6-8-16(22)9-7-15/h4-10,13-14,18H,11-12H2,1-3H3. The van der Waals surface area contributed by atoms with E-state index in [0.29, 0.717) is 34.8 Å². The highest BCUT2D eigenvalue weighted by atomic mass is 35.5. The molecule has 0 spiro atoms. The van der Waals surface area contributed by atoms with Crippen molar-refractivity contribution < 1.29 is 9.21 Å². The van der Waals surface area contributed by atoms with Gasteiger partial charge < -0.3 is 4.42 Å². The molecular formula is C21H23ClN6O2S. The fourth-order valence-corrected chi connectivity index (χ4v) is 4.34. The van der Waals surface area contributed by atoms with Crippen LogP contribution in [0.2, 0.25) is 5.02 Å². The lowest BCUT2D eigenvalue weighted by Gasteiger charge is -2.22. The molecule has 0 bridgehead atoms. The van der Waals surface area contributed by atoms with E-state index in [4.69, 9.17) is 16.0 Å². The van der Waals surface area contributed by atoms with Gasteiger partial charge in [-0.3, -0.25) is 4.79 Å². The summed E-state index contributed by atoms with van der Waals surface area (Å²) in [5, 5.41) is 18.9. The number of aromatic nitrogens is 4. The van der Waals surface area contributed by atoms with E-state index in [1.54, 1.807) is 10.9 Å². The molecule has 0 saturated heterocycles. The molecule has 1 aliphatic heterocycles. The van der Waals surface area contributed by atoms with Gasteiger partial charge in [0.1, 0.15) is 11.8 Å². The minimum absolute atomic E-state index is 0.130. The number of nitrogens with zero attached hydrogens (tertiary/aromatic N) is 6. The van der Waals surface area contributed by atoms with Crippen molar-refractivity contribution in [2.75, 3.05) is 0 Å². The van der Waals surface area contributed by atoms with Gasteiger partial charge in [0.25, 0.3) is 5.91 Å². The second-order valence-electron chi connectivity index (χ2n) is 7.77. The van der Waals surface area contributed by atoms with Gasteiger partial charge in [0.15, 0.2) is 0 Å². The van der Waals surface area contributed by atoms with Crippen LogP contribution in [0.1, 0.15) is 44.6 Å². The Balaban J connectivity index is 1.57. The molecule has 2 aromatic heterocycles. The lowest BCUT2D eigenvalue weighted by molar-refractivity contribution is -0.132. The Labute approximate surface area is 189 Å². The summed E-state index contributed by atoms with van der Waals surface area (Å²) in [4.78, 5) is 13.4. The van der Waals surface area contributed by atoms with Crippen molar-refractivity contribution >= 4 is 35.0 Å². The van der Waals surface area contributed by atoms with Crippen molar-refractivity contribution in [3.8, 4) is 0 Å². The van der Waals surface area contributed by atoms with Gasteiger partial charge in [-0.1, -0.05) is 49.3 Å². The Morgan fingerprint density at radius 1 is 1.26 bits per heavy atom. The van der Waals surface area contributed by atoms with Gasteiger partial charge in [-0.05, 0) is 53.1 Å². The lowest BCUT2D eigenvalue weighted by atomic mass is 10.0. The van der Waals surface area contributed by atoms with Crippen LogP contribution in [0.5, 0.6) is 0 Å². The van der Waals surface area contributed by atoms with Crippen LogP contribution >= 0.6 is 23.4 Å². The summed E-state index contributed by atoms with van der Waals surface area (Å²) in [5.41, 5.74) is 1.74. The average molecular weight is 459 g/mol. The summed E-state index contributed by atoms with van der Waals surface area (Å²) in [5.74, 6) is 0.958. The number of tetrazole rings is 1. The number of furan rings is 1. The van der Waals surface area contributed by atoms with Crippen LogP contribution in [-0.4, -0.2) is 42.1 Å². The summed E-state index contributed by atoms with van der Waals surface area (Å²) in [6.07, 6.45) is 2.17. The van der Waals surface area contributed by atoms with Crippen molar-refractivity contribution in [1.29, 1.82) is 0 Å². The van der Waals surface area contributed by atoms with E-state index in [1.807, 2.05) is 43.3 Å². The molecule has 0 radical (unpaired) electrons. The zero-order chi connectivity index (χ0) is 22.0. The Bertz CT molecular complexity index is 1060. The smallest absolute Gasteiger partial charge is 0.256 e. The molecular weight excluding hydrogens is 436 g/mol. The fraction of sp³-hybridized carbons (Fsp3) is 0.381. The molecule has 3 aromatic rings. The largest absolute Gasteiger partial charge is 0.467 e. The van der Waals surface area contributed by atoms with E-state index in [0.717, 1.165) is 11.3 Å². The predicted molar refractivity (Wildman–Crippen MR) is 119 cm³/mol. The highest BCUT2D eigenvalue weighted by molar-refractivity contribution is 8.00. The van der Waals surface area contributed by atoms with Gasteiger partial charge in [0.2, 0.25) is 5.16 Å². The van der Waals surface area contributed by atoms with E-state index in [-0.39, 0.29) is 11.9 Å². The molecule has 0 fully saturated rings. The number of thioether (sulfide) groups is 1. The Kier molecular flexibility index (Phi) is 6.43. The number of hydrogen-bond acceptors (Lipinski definition) is 7. The van der Waals surface area contributed by atoms with E-state index < -0.39 is 5.25 Å². The highest BCUT2D eigenvalue weighted by Gasteiger charge is 2.37. The number of halogens is 1. The zero-order valence-corrected chi connectivity index (χ0v) is 19.0. The predicted octanol–water partition coefficient (Wildman–Crippen LogP) is 4.43. The van der Waals surface area contributed by atoms with Crippen LogP contribution in [0.25, 0.3) is 0 Å². The quantitative estimate of drug-likeness (QED) is 0.486. The third-order valence-corrected chi connectivity index (χ3v) is 6.16. The van der Waals surface area contributed by atoms with Gasteiger partial charge in [-0.2, -0.15) is 5.10 Å². The monoisotopic (exact) mass is 458 g/mol. The number of rotatable bonds is 7. The average Bonchev–Trinajstić information content (AvgIpc) is 3.48. The van der Waals surface area contributed by atoms with Crippen LogP contribution in [0.4, 0.5) is 0 Å². The molecule has 0 saturated carbocycles. The number of amides is 1. The fourth-order valence-electron chi connectivity index (χ4n) is 3.37. The number of carbonyl (C=O) groups is 1. The maximum Gasteiger partial charge on any atom is 0.256 e. The van der Waals surface area contributed by atoms with Gasteiger partial charge in [0, 0.05) is 18.0 Å². The van der Waals surface area contributed by atoms with E-state index >= 15 is 0 Å². The molecule has 1 aromatic carbocycles. The topological polar surface area (TPSA) is 89.4 Å². The molecule has 4 rings (SSSR count). The molecule has 10 heteroatoms.